The molecule has 2 N–H and O–H groups in total. The second kappa shape index (κ2) is 7.08. The summed E-state index contributed by atoms with van der Waals surface area (Å²) in [6.07, 6.45) is 4.72. The standard InChI is InChI=1S/C14H18ClNO2S/c15-11-6-1-7-12(13(11)14(16)19)18-9-3-5-10-4-2-8-17-10/h1,6-7,10H,2-5,8-9H2,(H2,16,19). The number of hydrogen-bond acceptors (Lipinski definition) is 3. The second-order valence-corrected chi connectivity index (χ2v) is 5.45. The van der Waals surface area contributed by atoms with E-state index in [1.165, 1.54) is 6.42 Å². The summed E-state index contributed by atoms with van der Waals surface area (Å²) in [5.41, 5.74) is 6.29. The fraction of sp³-hybridized carbons (Fsp3) is 0.500. The molecule has 0 radical (unpaired) electrons. The van der Waals surface area contributed by atoms with Crippen molar-refractivity contribution in [3.63, 3.8) is 0 Å². The van der Waals surface area contributed by atoms with Gasteiger partial charge in [-0.1, -0.05) is 29.9 Å². The maximum absolute atomic E-state index is 6.07. The van der Waals surface area contributed by atoms with Crippen molar-refractivity contribution in [2.75, 3.05) is 13.2 Å². The van der Waals surface area contributed by atoms with E-state index in [9.17, 15) is 0 Å². The van der Waals surface area contributed by atoms with E-state index in [2.05, 4.69) is 0 Å². The summed E-state index contributed by atoms with van der Waals surface area (Å²) in [4.78, 5) is 0.264. The molecule has 1 unspecified atom stereocenters. The van der Waals surface area contributed by atoms with Crippen molar-refractivity contribution in [1.82, 2.24) is 0 Å². The van der Waals surface area contributed by atoms with Crippen molar-refractivity contribution in [1.29, 1.82) is 0 Å². The van der Waals surface area contributed by atoms with Crippen molar-refractivity contribution in [2.24, 2.45) is 5.73 Å². The lowest BCUT2D eigenvalue weighted by Gasteiger charge is -2.13. The minimum absolute atomic E-state index is 0.264. The summed E-state index contributed by atoms with van der Waals surface area (Å²) in [6, 6.07) is 5.43. The molecule has 0 saturated carbocycles. The number of rotatable bonds is 6. The highest BCUT2D eigenvalue weighted by Crippen LogP contribution is 2.26. The average molecular weight is 300 g/mol. The van der Waals surface area contributed by atoms with Gasteiger partial charge in [0.2, 0.25) is 0 Å². The highest BCUT2D eigenvalue weighted by molar-refractivity contribution is 7.80. The van der Waals surface area contributed by atoms with Gasteiger partial charge in [0.15, 0.2) is 0 Å². The number of benzene rings is 1. The van der Waals surface area contributed by atoms with Crippen molar-refractivity contribution < 1.29 is 9.47 Å². The van der Waals surface area contributed by atoms with Crippen LogP contribution in [0.2, 0.25) is 5.02 Å². The molecule has 0 aliphatic carbocycles. The van der Waals surface area contributed by atoms with E-state index in [4.69, 9.17) is 39.0 Å². The zero-order valence-electron chi connectivity index (χ0n) is 10.7. The lowest BCUT2D eigenvalue weighted by Crippen LogP contribution is -2.13. The predicted molar refractivity (Wildman–Crippen MR) is 81.0 cm³/mol. The average Bonchev–Trinajstić information content (AvgIpc) is 2.87. The van der Waals surface area contributed by atoms with Crippen LogP contribution in [0.3, 0.4) is 0 Å². The normalized spacial score (nSPS) is 18.5. The Balaban J connectivity index is 1.85. The van der Waals surface area contributed by atoms with Gasteiger partial charge in [-0.05, 0) is 37.8 Å². The van der Waals surface area contributed by atoms with Gasteiger partial charge in [-0.25, -0.2) is 0 Å². The third kappa shape index (κ3) is 4.06. The Morgan fingerprint density at radius 2 is 2.37 bits per heavy atom. The van der Waals surface area contributed by atoms with Crippen molar-refractivity contribution >= 4 is 28.8 Å². The fourth-order valence-corrected chi connectivity index (χ4v) is 2.76. The molecule has 1 fully saturated rings. The molecule has 1 aromatic rings. The first kappa shape index (κ1) is 14.6. The van der Waals surface area contributed by atoms with E-state index in [1.807, 2.05) is 12.1 Å². The largest absolute Gasteiger partial charge is 0.493 e. The summed E-state index contributed by atoms with van der Waals surface area (Å²) >= 11 is 11.1. The Morgan fingerprint density at radius 3 is 3.05 bits per heavy atom. The van der Waals surface area contributed by atoms with Gasteiger partial charge in [0.25, 0.3) is 0 Å². The van der Waals surface area contributed by atoms with Crippen LogP contribution in [0, 0.1) is 0 Å². The van der Waals surface area contributed by atoms with Crippen LogP contribution in [0.5, 0.6) is 5.75 Å². The number of ether oxygens (including phenoxy) is 2. The molecule has 2 rings (SSSR count). The smallest absolute Gasteiger partial charge is 0.130 e. The van der Waals surface area contributed by atoms with Gasteiger partial charge in [-0.15, -0.1) is 0 Å². The van der Waals surface area contributed by atoms with Crippen LogP contribution >= 0.6 is 23.8 Å². The lowest BCUT2D eigenvalue weighted by molar-refractivity contribution is 0.0981. The molecule has 3 nitrogen and oxygen atoms in total. The summed E-state index contributed by atoms with van der Waals surface area (Å²) in [7, 11) is 0. The first-order chi connectivity index (χ1) is 9.18. The zero-order chi connectivity index (χ0) is 13.7. The molecular weight excluding hydrogens is 282 g/mol. The summed E-state index contributed by atoms with van der Waals surface area (Å²) in [6.45, 7) is 1.52. The molecule has 1 aliphatic heterocycles. The maximum atomic E-state index is 6.07. The molecule has 0 amide bonds. The number of halogens is 1. The van der Waals surface area contributed by atoms with Gasteiger partial charge < -0.3 is 15.2 Å². The molecule has 0 spiro atoms. The van der Waals surface area contributed by atoms with Gasteiger partial charge in [0, 0.05) is 6.61 Å². The predicted octanol–water partition coefficient (Wildman–Crippen LogP) is 3.31. The van der Waals surface area contributed by atoms with E-state index in [1.54, 1.807) is 6.07 Å². The maximum Gasteiger partial charge on any atom is 0.130 e. The number of thiocarbonyl (C=S) groups is 1. The Kier molecular flexibility index (Phi) is 5.43. The third-order valence-electron chi connectivity index (χ3n) is 3.17. The first-order valence-electron chi connectivity index (χ1n) is 6.51. The van der Waals surface area contributed by atoms with Gasteiger partial charge >= 0.3 is 0 Å². The van der Waals surface area contributed by atoms with E-state index in [-0.39, 0.29) is 4.99 Å². The fourth-order valence-electron chi connectivity index (χ4n) is 2.23. The van der Waals surface area contributed by atoms with Crippen molar-refractivity contribution in [3.8, 4) is 5.75 Å². The summed E-state index contributed by atoms with van der Waals surface area (Å²) in [5, 5.41) is 0.532. The molecule has 1 aliphatic rings. The van der Waals surface area contributed by atoms with Crippen LogP contribution in [0.1, 0.15) is 31.2 Å². The van der Waals surface area contributed by atoms with Crippen molar-refractivity contribution in [3.05, 3.63) is 28.8 Å². The Morgan fingerprint density at radius 1 is 1.53 bits per heavy atom. The minimum atomic E-state index is 0.264. The van der Waals surface area contributed by atoms with Crippen LogP contribution in [-0.2, 0) is 4.74 Å². The van der Waals surface area contributed by atoms with Crippen LogP contribution in [0.15, 0.2) is 18.2 Å². The Hall–Kier alpha value is -0.840. The topological polar surface area (TPSA) is 44.5 Å². The molecule has 104 valence electrons. The highest BCUT2D eigenvalue weighted by atomic mass is 35.5. The number of nitrogens with two attached hydrogens (primary N) is 1. The molecule has 1 heterocycles. The van der Waals surface area contributed by atoms with E-state index >= 15 is 0 Å². The first-order valence-corrected chi connectivity index (χ1v) is 7.30. The molecular formula is C14H18ClNO2S. The van der Waals surface area contributed by atoms with Gasteiger partial charge in [-0.3, -0.25) is 0 Å². The monoisotopic (exact) mass is 299 g/mol. The molecule has 5 heteroatoms. The Labute approximate surface area is 124 Å². The van der Waals surface area contributed by atoms with Crippen LogP contribution < -0.4 is 10.5 Å². The molecule has 1 saturated heterocycles. The van der Waals surface area contributed by atoms with E-state index in [0.717, 1.165) is 25.9 Å². The molecule has 0 aromatic heterocycles. The highest BCUT2D eigenvalue weighted by Gasteiger charge is 2.15. The minimum Gasteiger partial charge on any atom is -0.493 e. The van der Waals surface area contributed by atoms with Crippen molar-refractivity contribution in [2.45, 2.75) is 31.8 Å². The second-order valence-electron chi connectivity index (χ2n) is 4.60. The molecule has 1 atom stereocenters. The van der Waals surface area contributed by atoms with E-state index < -0.39 is 0 Å². The van der Waals surface area contributed by atoms with Gasteiger partial charge in [0.05, 0.1) is 23.3 Å². The summed E-state index contributed by atoms with van der Waals surface area (Å²) in [5.74, 6) is 0.660. The van der Waals surface area contributed by atoms with E-state index in [0.29, 0.717) is 29.0 Å². The van der Waals surface area contributed by atoms with Crippen LogP contribution in [0.25, 0.3) is 0 Å². The van der Waals surface area contributed by atoms with Gasteiger partial charge in [0.1, 0.15) is 10.7 Å². The Bertz CT molecular complexity index is 447. The SMILES string of the molecule is NC(=S)c1c(Cl)cccc1OCCCC1CCCO1. The molecule has 19 heavy (non-hydrogen) atoms. The molecule has 0 bridgehead atoms. The van der Waals surface area contributed by atoms with Crippen LogP contribution in [-0.4, -0.2) is 24.3 Å². The quantitative estimate of drug-likeness (QED) is 0.646. The van der Waals surface area contributed by atoms with Crippen LogP contribution in [0.4, 0.5) is 0 Å². The number of hydrogen-bond donors (Lipinski definition) is 1. The summed E-state index contributed by atoms with van der Waals surface area (Å²) < 4.78 is 11.3. The zero-order valence-corrected chi connectivity index (χ0v) is 12.3. The lowest BCUT2D eigenvalue weighted by atomic mass is 10.1. The third-order valence-corrected chi connectivity index (χ3v) is 3.69. The van der Waals surface area contributed by atoms with Gasteiger partial charge in [-0.2, -0.15) is 0 Å². The molecule has 1 aromatic carbocycles.